The zero-order valence-corrected chi connectivity index (χ0v) is 15.1. The molecule has 1 aromatic heterocycles. The quantitative estimate of drug-likeness (QED) is 0.700. The third-order valence-electron chi connectivity index (χ3n) is 4.06. The van der Waals surface area contributed by atoms with Crippen LogP contribution in [0.1, 0.15) is 17.8 Å². The van der Waals surface area contributed by atoms with Gasteiger partial charge < -0.3 is 15.2 Å². The lowest BCUT2D eigenvalue weighted by Crippen LogP contribution is -2.32. The van der Waals surface area contributed by atoms with Crippen molar-refractivity contribution in [1.29, 1.82) is 0 Å². The Balaban J connectivity index is 1.52. The van der Waals surface area contributed by atoms with E-state index in [1.807, 2.05) is 43.3 Å². The Morgan fingerprint density at radius 2 is 2.08 bits per heavy atom. The summed E-state index contributed by atoms with van der Waals surface area (Å²) < 4.78 is 0. The fourth-order valence-electron chi connectivity index (χ4n) is 2.65. The lowest BCUT2D eigenvalue weighted by atomic mass is 10.2. The van der Waals surface area contributed by atoms with Crippen LogP contribution in [0.5, 0.6) is 0 Å². The Bertz CT molecular complexity index is 857. The first-order valence-electron chi connectivity index (χ1n) is 8.25. The summed E-state index contributed by atoms with van der Waals surface area (Å²) in [6.45, 7) is 2.59. The minimum absolute atomic E-state index is 0.169. The van der Waals surface area contributed by atoms with E-state index < -0.39 is 0 Å². The smallest absolute Gasteiger partial charge is 0.321 e. The summed E-state index contributed by atoms with van der Waals surface area (Å²) in [6, 6.07) is 13.3. The summed E-state index contributed by atoms with van der Waals surface area (Å²) in [5, 5.41) is 3.39. The van der Waals surface area contributed by atoms with E-state index in [2.05, 4.69) is 15.3 Å². The Morgan fingerprint density at radius 1 is 1.28 bits per heavy atom. The number of aryl methyl sites for hydroxylation is 2. The SMILES string of the molecule is Cc1ccc(Cl)c(NC(=O)N(C)CCCc2nc3ccccc3[nH]2)c1. The number of nitrogens with one attached hydrogen (secondary N) is 2. The Labute approximate surface area is 152 Å². The Morgan fingerprint density at radius 3 is 2.88 bits per heavy atom. The summed E-state index contributed by atoms with van der Waals surface area (Å²) in [7, 11) is 1.78. The monoisotopic (exact) mass is 356 g/mol. The van der Waals surface area contributed by atoms with Crippen LogP contribution in [0.15, 0.2) is 42.5 Å². The average Bonchev–Trinajstić information content (AvgIpc) is 3.00. The number of para-hydroxylation sites is 2. The number of aromatic amines is 1. The van der Waals surface area contributed by atoms with Crippen LogP contribution in [0.4, 0.5) is 10.5 Å². The number of rotatable bonds is 5. The van der Waals surface area contributed by atoms with Gasteiger partial charge in [-0.05, 0) is 43.2 Å². The fraction of sp³-hybridized carbons (Fsp3) is 0.263. The molecule has 0 aliphatic carbocycles. The van der Waals surface area contributed by atoms with Crippen molar-refractivity contribution in [2.45, 2.75) is 19.8 Å². The van der Waals surface area contributed by atoms with Crippen LogP contribution in [0.3, 0.4) is 0 Å². The second-order valence-electron chi connectivity index (χ2n) is 6.14. The van der Waals surface area contributed by atoms with Crippen molar-refractivity contribution in [1.82, 2.24) is 14.9 Å². The molecule has 0 aliphatic heterocycles. The second kappa shape index (κ2) is 7.57. The van der Waals surface area contributed by atoms with Gasteiger partial charge in [0, 0.05) is 20.0 Å². The predicted molar refractivity (Wildman–Crippen MR) is 102 cm³/mol. The minimum atomic E-state index is -0.169. The maximum absolute atomic E-state index is 12.3. The first-order chi connectivity index (χ1) is 12.0. The average molecular weight is 357 g/mol. The molecule has 130 valence electrons. The molecule has 3 rings (SSSR count). The molecular formula is C19H21ClN4O. The van der Waals surface area contributed by atoms with Crippen molar-refractivity contribution >= 4 is 34.4 Å². The maximum Gasteiger partial charge on any atom is 0.321 e. The zero-order chi connectivity index (χ0) is 17.8. The van der Waals surface area contributed by atoms with Gasteiger partial charge in [0.05, 0.1) is 21.7 Å². The van der Waals surface area contributed by atoms with E-state index in [0.717, 1.165) is 35.3 Å². The van der Waals surface area contributed by atoms with Crippen LogP contribution in [-0.4, -0.2) is 34.5 Å². The van der Waals surface area contributed by atoms with Gasteiger partial charge in [0.25, 0.3) is 0 Å². The van der Waals surface area contributed by atoms with E-state index in [1.165, 1.54) is 0 Å². The minimum Gasteiger partial charge on any atom is -0.342 e. The topological polar surface area (TPSA) is 61.0 Å². The largest absolute Gasteiger partial charge is 0.342 e. The number of H-pyrrole nitrogens is 1. The molecule has 0 spiro atoms. The summed E-state index contributed by atoms with van der Waals surface area (Å²) >= 11 is 6.12. The highest BCUT2D eigenvalue weighted by molar-refractivity contribution is 6.33. The van der Waals surface area contributed by atoms with E-state index in [9.17, 15) is 4.79 Å². The van der Waals surface area contributed by atoms with Gasteiger partial charge in [0.15, 0.2) is 0 Å². The van der Waals surface area contributed by atoms with Gasteiger partial charge in [-0.1, -0.05) is 29.8 Å². The van der Waals surface area contributed by atoms with Crippen molar-refractivity contribution < 1.29 is 4.79 Å². The summed E-state index contributed by atoms with van der Waals surface area (Å²) in [5.74, 6) is 0.941. The molecule has 0 fully saturated rings. The standard InChI is InChI=1S/C19H21ClN4O/c1-13-9-10-14(20)17(12-13)23-19(25)24(2)11-5-8-18-21-15-6-3-4-7-16(15)22-18/h3-4,6-7,9-10,12H,5,8,11H2,1-2H3,(H,21,22)(H,23,25). The highest BCUT2D eigenvalue weighted by Gasteiger charge is 2.11. The number of aromatic nitrogens is 2. The molecule has 2 amide bonds. The molecule has 2 N–H and O–H groups in total. The van der Waals surface area contributed by atoms with Crippen LogP contribution in [0, 0.1) is 6.92 Å². The predicted octanol–water partition coefficient (Wildman–Crippen LogP) is 4.62. The molecule has 0 aliphatic rings. The van der Waals surface area contributed by atoms with Crippen LogP contribution in [0.2, 0.25) is 5.02 Å². The van der Waals surface area contributed by atoms with Gasteiger partial charge in [-0.3, -0.25) is 0 Å². The lowest BCUT2D eigenvalue weighted by Gasteiger charge is -2.18. The number of amides is 2. The number of carbonyl (C=O) groups excluding carboxylic acids is 1. The van der Waals surface area contributed by atoms with Crippen molar-refractivity contribution in [2.24, 2.45) is 0 Å². The first-order valence-corrected chi connectivity index (χ1v) is 8.62. The van der Waals surface area contributed by atoms with E-state index in [0.29, 0.717) is 17.3 Å². The molecule has 2 aromatic carbocycles. The molecule has 0 unspecified atom stereocenters. The van der Waals surface area contributed by atoms with Gasteiger partial charge in [0.1, 0.15) is 5.82 Å². The number of nitrogens with zero attached hydrogens (tertiary/aromatic N) is 2. The maximum atomic E-state index is 12.3. The van der Waals surface area contributed by atoms with E-state index in [-0.39, 0.29) is 6.03 Å². The van der Waals surface area contributed by atoms with Crippen LogP contribution >= 0.6 is 11.6 Å². The number of fused-ring (bicyclic) bond motifs is 1. The summed E-state index contributed by atoms with van der Waals surface area (Å²) in [4.78, 5) is 21.8. The van der Waals surface area contributed by atoms with Crippen molar-refractivity contribution in [3.63, 3.8) is 0 Å². The molecule has 1 heterocycles. The number of hydrogen-bond acceptors (Lipinski definition) is 2. The van der Waals surface area contributed by atoms with Crippen LogP contribution in [0.25, 0.3) is 11.0 Å². The highest BCUT2D eigenvalue weighted by atomic mass is 35.5. The molecule has 0 radical (unpaired) electrons. The van der Waals surface area contributed by atoms with Gasteiger partial charge >= 0.3 is 6.03 Å². The number of anilines is 1. The fourth-order valence-corrected chi connectivity index (χ4v) is 2.82. The molecule has 0 saturated carbocycles. The second-order valence-corrected chi connectivity index (χ2v) is 6.55. The van der Waals surface area contributed by atoms with E-state index >= 15 is 0 Å². The number of hydrogen-bond donors (Lipinski definition) is 2. The number of carbonyl (C=O) groups is 1. The third-order valence-corrected chi connectivity index (χ3v) is 4.39. The number of benzene rings is 2. The Hall–Kier alpha value is -2.53. The van der Waals surface area contributed by atoms with Crippen molar-refractivity contribution in [3.05, 3.63) is 58.9 Å². The van der Waals surface area contributed by atoms with Gasteiger partial charge in [-0.25, -0.2) is 9.78 Å². The lowest BCUT2D eigenvalue weighted by molar-refractivity contribution is 0.222. The Kier molecular flexibility index (Phi) is 5.24. The molecule has 3 aromatic rings. The molecular weight excluding hydrogens is 336 g/mol. The molecule has 0 bridgehead atoms. The molecule has 25 heavy (non-hydrogen) atoms. The third kappa shape index (κ3) is 4.31. The van der Waals surface area contributed by atoms with Gasteiger partial charge in [-0.15, -0.1) is 0 Å². The first kappa shape index (κ1) is 17.3. The molecule has 0 saturated heterocycles. The van der Waals surface area contributed by atoms with E-state index in [1.54, 1.807) is 18.0 Å². The molecule has 0 atom stereocenters. The van der Waals surface area contributed by atoms with Crippen LogP contribution < -0.4 is 5.32 Å². The van der Waals surface area contributed by atoms with Crippen molar-refractivity contribution in [2.75, 3.05) is 18.9 Å². The summed E-state index contributed by atoms with van der Waals surface area (Å²) in [6.07, 6.45) is 1.61. The van der Waals surface area contributed by atoms with E-state index in [4.69, 9.17) is 11.6 Å². The van der Waals surface area contributed by atoms with Crippen molar-refractivity contribution in [3.8, 4) is 0 Å². The zero-order valence-electron chi connectivity index (χ0n) is 14.3. The van der Waals surface area contributed by atoms with Gasteiger partial charge in [0.2, 0.25) is 0 Å². The highest BCUT2D eigenvalue weighted by Crippen LogP contribution is 2.23. The normalized spacial score (nSPS) is 10.8. The summed E-state index contributed by atoms with van der Waals surface area (Å²) in [5.41, 5.74) is 3.69. The van der Waals surface area contributed by atoms with Gasteiger partial charge in [-0.2, -0.15) is 0 Å². The number of imidazole rings is 1. The number of halogens is 1. The number of urea groups is 1. The van der Waals surface area contributed by atoms with Crippen LogP contribution in [-0.2, 0) is 6.42 Å². The molecule has 6 heteroatoms. The molecule has 5 nitrogen and oxygen atoms in total.